The Balaban J connectivity index is 2.01. The van der Waals surface area contributed by atoms with Gasteiger partial charge in [0.1, 0.15) is 5.82 Å². The molecule has 88 valence electrons. The average Bonchev–Trinajstić information content (AvgIpc) is 2.33. The first-order valence-corrected chi connectivity index (χ1v) is 6.87. The van der Waals surface area contributed by atoms with Crippen LogP contribution in [0.5, 0.6) is 0 Å². The molecular weight excluding hydrogens is 235 g/mol. The maximum absolute atomic E-state index is 13.4. The number of rotatable bonds is 4. The van der Waals surface area contributed by atoms with Crippen LogP contribution in [-0.2, 0) is 22.3 Å². The number of halogens is 1. The van der Waals surface area contributed by atoms with Crippen LogP contribution in [0.4, 0.5) is 4.39 Å². The first kappa shape index (κ1) is 12.0. The van der Waals surface area contributed by atoms with E-state index < -0.39 is 10.8 Å². The van der Waals surface area contributed by atoms with Gasteiger partial charge in [0.25, 0.3) is 0 Å². The quantitative estimate of drug-likeness (QED) is 0.811. The molecule has 2 rings (SSSR count). The van der Waals surface area contributed by atoms with E-state index in [0.29, 0.717) is 11.3 Å². The lowest BCUT2D eigenvalue weighted by molar-refractivity contribution is 0.615. The van der Waals surface area contributed by atoms with Crippen molar-refractivity contribution in [1.82, 2.24) is 0 Å². The summed E-state index contributed by atoms with van der Waals surface area (Å²) in [7, 11) is -1.07. The molecule has 1 atom stereocenters. The molecule has 0 saturated carbocycles. The van der Waals surface area contributed by atoms with Gasteiger partial charge in [0.05, 0.1) is 5.75 Å². The molecule has 0 aliphatic rings. The molecule has 0 saturated heterocycles. The van der Waals surface area contributed by atoms with Gasteiger partial charge in [-0.1, -0.05) is 48.5 Å². The highest BCUT2D eigenvalue weighted by Gasteiger charge is 2.06. The Morgan fingerprint density at radius 3 is 2.24 bits per heavy atom. The van der Waals surface area contributed by atoms with Crippen LogP contribution in [-0.4, -0.2) is 4.21 Å². The van der Waals surface area contributed by atoms with Crippen LogP contribution < -0.4 is 0 Å². The molecule has 0 bridgehead atoms. The zero-order chi connectivity index (χ0) is 12.1. The molecule has 0 radical (unpaired) electrons. The Hall–Kier alpha value is -1.48. The normalized spacial score (nSPS) is 12.3. The summed E-state index contributed by atoms with van der Waals surface area (Å²) in [6.45, 7) is 0. The lowest BCUT2D eigenvalue weighted by Gasteiger charge is -2.04. The van der Waals surface area contributed by atoms with Crippen LogP contribution >= 0.6 is 0 Å². The van der Waals surface area contributed by atoms with Crippen molar-refractivity contribution in [1.29, 1.82) is 0 Å². The summed E-state index contributed by atoms with van der Waals surface area (Å²) in [5, 5.41) is 0. The highest BCUT2D eigenvalue weighted by Crippen LogP contribution is 2.12. The fourth-order valence-corrected chi connectivity index (χ4v) is 2.85. The van der Waals surface area contributed by atoms with Crippen LogP contribution in [0.15, 0.2) is 54.6 Å². The third-order valence-electron chi connectivity index (χ3n) is 2.44. The lowest BCUT2D eigenvalue weighted by atomic mass is 10.2. The smallest absolute Gasteiger partial charge is 0.127 e. The van der Waals surface area contributed by atoms with E-state index in [1.807, 2.05) is 30.3 Å². The molecule has 0 aromatic heterocycles. The zero-order valence-electron chi connectivity index (χ0n) is 9.30. The van der Waals surface area contributed by atoms with E-state index in [9.17, 15) is 8.60 Å². The topological polar surface area (TPSA) is 17.1 Å². The van der Waals surface area contributed by atoms with E-state index in [2.05, 4.69) is 0 Å². The Bertz CT molecular complexity index is 511. The largest absolute Gasteiger partial charge is 0.259 e. The summed E-state index contributed by atoms with van der Waals surface area (Å²) < 4.78 is 25.2. The van der Waals surface area contributed by atoms with Gasteiger partial charge in [-0.2, -0.15) is 0 Å². The number of benzene rings is 2. The Morgan fingerprint density at radius 1 is 0.882 bits per heavy atom. The van der Waals surface area contributed by atoms with Gasteiger partial charge in [0, 0.05) is 22.1 Å². The van der Waals surface area contributed by atoms with E-state index in [4.69, 9.17) is 0 Å². The molecule has 0 spiro atoms. The van der Waals surface area contributed by atoms with Crippen molar-refractivity contribution >= 4 is 10.8 Å². The maximum atomic E-state index is 13.4. The Morgan fingerprint density at radius 2 is 1.53 bits per heavy atom. The molecule has 2 aromatic rings. The third-order valence-corrected chi connectivity index (χ3v) is 3.73. The zero-order valence-corrected chi connectivity index (χ0v) is 10.1. The predicted molar refractivity (Wildman–Crippen MR) is 68.4 cm³/mol. The Kier molecular flexibility index (Phi) is 4.04. The van der Waals surface area contributed by atoms with Crippen LogP contribution in [0, 0.1) is 5.82 Å². The molecule has 0 aliphatic carbocycles. The van der Waals surface area contributed by atoms with Crippen LogP contribution in [0.1, 0.15) is 11.1 Å². The van der Waals surface area contributed by atoms with E-state index in [1.54, 1.807) is 18.2 Å². The van der Waals surface area contributed by atoms with E-state index in [-0.39, 0.29) is 11.6 Å². The first-order chi connectivity index (χ1) is 8.25. The van der Waals surface area contributed by atoms with E-state index in [1.165, 1.54) is 6.07 Å². The van der Waals surface area contributed by atoms with Crippen molar-refractivity contribution in [2.45, 2.75) is 11.5 Å². The molecule has 0 heterocycles. The second-order valence-electron chi connectivity index (χ2n) is 3.81. The van der Waals surface area contributed by atoms with Gasteiger partial charge in [-0.25, -0.2) is 4.39 Å². The van der Waals surface area contributed by atoms with Gasteiger partial charge in [0.15, 0.2) is 0 Å². The van der Waals surface area contributed by atoms with Crippen molar-refractivity contribution in [2.75, 3.05) is 0 Å². The van der Waals surface area contributed by atoms with Crippen molar-refractivity contribution in [3.8, 4) is 0 Å². The molecule has 3 heteroatoms. The van der Waals surface area contributed by atoms with Gasteiger partial charge in [-0.05, 0) is 11.6 Å². The Labute approximate surface area is 103 Å². The van der Waals surface area contributed by atoms with Crippen molar-refractivity contribution < 1.29 is 8.60 Å². The molecule has 1 nitrogen and oxygen atoms in total. The minimum Gasteiger partial charge on any atom is -0.259 e. The van der Waals surface area contributed by atoms with Gasteiger partial charge in [-0.15, -0.1) is 0 Å². The van der Waals surface area contributed by atoms with Gasteiger partial charge >= 0.3 is 0 Å². The molecule has 1 unspecified atom stereocenters. The summed E-state index contributed by atoms with van der Waals surface area (Å²) in [6, 6.07) is 16.1. The third kappa shape index (κ3) is 3.49. The van der Waals surface area contributed by atoms with Crippen LogP contribution in [0.2, 0.25) is 0 Å². The standard InChI is InChI=1S/C14H13FOS/c15-14-9-5-4-8-13(14)11-17(16)10-12-6-2-1-3-7-12/h1-9H,10-11H2. The molecule has 0 fully saturated rings. The minimum absolute atomic E-state index is 0.265. The van der Waals surface area contributed by atoms with Crippen LogP contribution in [0.3, 0.4) is 0 Å². The molecule has 0 N–H and O–H groups in total. The lowest BCUT2D eigenvalue weighted by Crippen LogP contribution is -2.01. The first-order valence-electron chi connectivity index (χ1n) is 5.38. The fraction of sp³-hybridized carbons (Fsp3) is 0.143. The van der Waals surface area contributed by atoms with Crippen molar-refractivity contribution in [3.63, 3.8) is 0 Å². The van der Waals surface area contributed by atoms with E-state index in [0.717, 1.165) is 5.56 Å². The van der Waals surface area contributed by atoms with Gasteiger partial charge < -0.3 is 0 Å². The summed E-state index contributed by atoms with van der Waals surface area (Å²) in [4.78, 5) is 0. The second-order valence-corrected chi connectivity index (χ2v) is 5.26. The highest BCUT2D eigenvalue weighted by atomic mass is 32.2. The second kappa shape index (κ2) is 5.73. The average molecular weight is 248 g/mol. The molecule has 2 aromatic carbocycles. The predicted octanol–water partition coefficient (Wildman–Crippen LogP) is 3.27. The molecule has 17 heavy (non-hydrogen) atoms. The van der Waals surface area contributed by atoms with Crippen molar-refractivity contribution in [2.24, 2.45) is 0 Å². The summed E-state index contributed by atoms with van der Waals surface area (Å²) in [6.07, 6.45) is 0. The highest BCUT2D eigenvalue weighted by molar-refractivity contribution is 7.83. The summed E-state index contributed by atoms with van der Waals surface area (Å²) in [5.41, 5.74) is 1.53. The number of hydrogen-bond acceptors (Lipinski definition) is 1. The monoisotopic (exact) mass is 248 g/mol. The van der Waals surface area contributed by atoms with E-state index >= 15 is 0 Å². The summed E-state index contributed by atoms with van der Waals surface area (Å²) in [5.74, 6) is 0.449. The fourth-order valence-electron chi connectivity index (χ4n) is 1.60. The van der Waals surface area contributed by atoms with Crippen molar-refractivity contribution in [3.05, 3.63) is 71.5 Å². The van der Waals surface area contributed by atoms with Crippen LogP contribution in [0.25, 0.3) is 0 Å². The molecule has 0 amide bonds. The number of hydrogen-bond donors (Lipinski definition) is 0. The SMILES string of the molecule is O=S(Cc1ccccc1)Cc1ccccc1F. The molecule has 0 aliphatic heterocycles. The summed E-state index contributed by atoms with van der Waals surface area (Å²) >= 11 is 0. The molecular formula is C14H13FOS. The van der Waals surface area contributed by atoms with Gasteiger partial charge in [0.2, 0.25) is 0 Å². The maximum Gasteiger partial charge on any atom is 0.127 e. The minimum atomic E-state index is -1.07. The van der Waals surface area contributed by atoms with Gasteiger partial charge in [-0.3, -0.25) is 4.21 Å².